The normalized spacial score (nSPS) is 19.3. The first-order valence-corrected chi connectivity index (χ1v) is 8.43. The number of hydrogen-bond acceptors (Lipinski definition) is 2. The fourth-order valence-corrected chi connectivity index (χ4v) is 3.60. The van der Waals surface area contributed by atoms with E-state index < -0.39 is 0 Å². The highest BCUT2D eigenvalue weighted by molar-refractivity contribution is 5.75. The summed E-state index contributed by atoms with van der Waals surface area (Å²) in [6.45, 7) is 2.25. The van der Waals surface area contributed by atoms with Gasteiger partial charge in [-0.05, 0) is 31.9 Å². The third-order valence-corrected chi connectivity index (χ3v) is 4.80. The van der Waals surface area contributed by atoms with Gasteiger partial charge >= 0.3 is 0 Å². The molecule has 2 aromatic rings. The van der Waals surface area contributed by atoms with Crippen LogP contribution in [0.2, 0.25) is 0 Å². The van der Waals surface area contributed by atoms with Gasteiger partial charge in [0.05, 0.1) is 17.1 Å². The number of nitrogens with zero attached hydrogens (tertiary/aromatic N) is 2. The van der Waals surface area contributed by atoms with Gasteiger partial charge in [0.2, 0.25) is 0 Å². The molecule has 114 valence electrons. The minimum absolute atomic E-state index is 0.312. The fraction of sp³-hybridized carbons (Fsp3) is 0.611. The van der Waals surface area contributed by atoms with E-state index in [4.69, 9.17) is 4.98 Å². The first kappa shape index (κ1) is 14.6. The molecule has 1 aromatic heterocycles. The Morgan fingerprint density at radius 2 is 1.76 bits per heavy atom. The van der Waals surface area contributed by atoms with Crippen molar-refractivity contribution >= 4 is 11.0 Å². The zero-order valence-corrected chi connectivity index (χ0v) is 13.3. The second-order valence-corrected chi connectivity index (χ2v) is 6.45. The van der Waals surface area contributed by atoms with E-state index in [1.807, 2.05) is 0 Å². The Morgan fingerprint density at radius 1 is 1.10 bits per heavy atom. The minimum Gasteiger partial charge on any atom is -0.330 e. The zero-order chi connectivity index (χ0) is 14.7. The number of para-hydroxylation sites is 2. The quantitative estimate of drug-likeness (QED) is 0.909. The van der Waals surface area contributed by atoms with Crippen molar-refractivity contribution in [2.75, 3.05) is 0 Å². The highest BCUT2D eigenvalue weighted by Crippen LogP contribution is 2.22. The van der Waals surface area contributed by atoms with Crippen LogP contribution in [0.25, 0.3) is 11.0 Å². The number of imidazole rings is 1. The second kappa shape index (κ2) is 6.61. The smallest absolute Gasteiger partial charge is 0.126 e. The summed E-state index contributed by atoms with van der Waals surface area (Å²) in [5.74, 6) is 1.15. The van der Waals surface area contributed by atoms with Crippen LogP contribution in [0.5, 0.6) is 0 Å². The number of fused-ring (bicyclic) bond motifs is 1. The molecule has 1 N–H and O–H groups in total. The number of aryl methyl sites for hydroxylation is 1. The third kappa shape index (κ3) is 3.29. The number of rotatable bonds is 3. The summed E-state index contributed by atoms with van der Waals surface area (Å²) in [6.07, 6.45) is 9.59. The lowest BCUT2D eigenvalue weighted by molar-refractivity contribution is 0.355. The molecule has 3 nitrogen and oxygen atoms in total. The number of hydrogen-bond donors (Lipinski definition) is 1. The Bertz CT molecular complexity index is 579. The third-order valence-electron chi connectivity index (χ3n) is 4.80. The van der Waals surface area contributed by atoms with Gasteiger partial charge in [0.15, 0.2) is 0 Å². The van der Waals surface area contributed by atoms with Crippen molar-refractivity contribution in [3.8, 4) is 0 Å². The molecule has 0 spiro atoms. The van der Waals surface area contributed by atoms with E-state index in [2.05, 4.69) is 48.1 Å². The summed E-state index contributed by atoms with van der Waals surface area (Å²) in [6, 6.07) is 9.36. The molecule has 1 aliphatic rings. The van der Waals surface area contributed by atoms with E-state index in [0.717, 1.165) is 11.3 Å². The predicted molar refractivity (Wildman–Crippen MR) is 88.4 cm³/mol. The van der Waals surface area contributed by atoms with Crippen LogP contribution in [-0.2, 0) is 7.05 Å². The Balaban J connectivity index is 1.73. The molecule has 0 saturated heterocycles. The van der Waals surface area contributed by atoms with Gasteiger partial charge in [0, 0.05) is 13.1 Å². The average molecular weight is 285 g/mol. The second-order valence-electron chi connectivity index (χ2n) is 6.45. The van der Waals surface area contributed by atoms with Gasteiger partial charge in [-0.3, -0.25) is 0 Å². The topological polar surface area (TPSA) is 29.9 Å². The molecule has 1 saturated carbocycles. The summed E-state index contributed by atoms with van der Waals surface area (Å²) in [5, 5.41) is 3.82. The van der Waals surface area contributed by atoms with Gasteiger partial charge < -0.3 is 9.88 Å². The molecule has 1 aliphatic carbocycles. The van der Waals surface area contributed by atoms with Crippen molar-refractivity contribution in [3.05, 3.63) is 30.1 Å². The molecule has 0 bridgehead atoms. The first-order chi connectivity index (χ1) is 10.3. The van der Waals surface area contributed by atoms with E-state index in [0.29, 0.717) is 12.1 Å². The van der Waals surface area contributed by atoms with Crippen LogP contribution in [0.1, 0.15) is 63.7 Å². The maximum absolute atomic E-state index is 4.82. The van der Waals surface area contributed by atoms with Crippen LogP contribution >= 0.6 is 0 Å². The summed E-state index contributed by atoms with van der Waals surface area (Å²) >= 11 is 0. The van der Waals surface area contributed by atoms with E-state index in [-0.39, 0.29) is 0 Å². The fourth-order valence-electron chi connectivity index (χ4n) is 3.60. The van der Waals surface area contributed by atoms with Crippen molar-refractivity contribution in [2.45, 2.75) is 64.0 Å². The lowest BCUT2D eigenvalue weighted by atomic mass is 9.96. The van der Waals surface area contributed by atoms with E-state index in [9.17, 15) is 0 Å². The van der Waals surface area contributed by atoms with Crippen molar-refractivity contribution in [3.63, 3.8) is 0 Å². The molecule has 21 heavy (non-hydrogen) atoms. The van der Waals surface area contributed by atoms with Crippen LogP contribution < -0.4 is 5.32 Å². The number of nitrogens with one attached hydrogen (secondary N) is 1. The molecule has 1 heterocycles. The lowest BCUT2D eigenvalue weighted by Gasteiger charge is -2.25. The van der Waals surface area contributed by atoms with Crippen LogP contribution in [-0.4, -0.2) is 15.6 Å². The summed E-state index contributed by atoms with van der Waals surface area (Å²) in [4.78, 5) is 4.82. The Kier molecular flexibility index (Phi) is 4.59. The first-order valence-electron chi connectivity index (χ1n) is 8.43. The highest BCUT2D eigenvalue weighted by atomic mass is 15.1. The molecule has 0 aliphatic heterocycles. The predicted octanol–water partition coefficient (Wildman–Crippen LogP) is 4.34. The number of benzene rings is 1. The van der Waals surface area contributed by atoms with E-state index in [1.54, 1.807) is 0 Å². The van der Waals surface area contributed by atoms with Crippen molar-refractivity contribution < 1.29 is 0 Å². The van der Waals surface area contributed by atoms with Crippen LogP contribution in [0.4, 0.5) is 0 Å². The van der Waals surface area contributed by atoms with Gasteiger partial charge in [-0.15, -0.1) is 0 Å². The average Bonchev–Trinajstić information content (AvgIpc) is 2.79. The number of aromatic nitrogens is 2. The standard InChI is InChI=1S/C18H27N3/c1-14(19-15-10-6-4-3-5-7-11-15)18-20-16-12-8-9-13-17(16)21(18)2/h8-9,12-15,19H,3-7,10-11H2,1-2H3. The van der Waals surface area contributed by atoms with Crippen LogP contribution in [0.3, 0.4) is 0 Å². The van der Waals surface area contributed by atoms with Gasteiger partial charge in [-0.1, -0.05) is 44.2 Å². The molecule has 3 rings (SSSR count). The zero-order valence-electron chi connectivity index (χ0n) is 13.3. The SMILES string of the molecule is CC(NC1CCCCCCC1)c1nc2ccccc2n1C. The molecule has 1 unspecified atom stereocenters. The minimum atomic E-state index is 0.312. The molecule has 1 fully saturated rings. The van der Waals surface area contributed by atoms with Gasteiger partial charge in [0.25, 0.3) is 0 Å². The monoisotopic (exact) mass is 285 g/mol. The Hall–Kier alpha value is -1.35. The molecule has 1 aromatic carbocycles. The van der Waals surface area contributed by atoms with Crippen LogP contribution in [0.15, 0.2) is 24.3 Å². The van der Waals surface area contributed by atoms with Crippen LogP contribution in [0, 0.1) is 0 Å². The van der Waals surface area contributed by atoms with E-state index >= 15 is 0 Å². The molecular weight excluding hydrogens is 258 g/mol. The molecule has 0 radical (unpaired) electrons. The highest BCUT2D eigenvalue weighted by Gasteiger charge is 2.18. The summed E-state index contributed by atoms with van der Waals surface area (Å²) < 4.78 is 2.23. The summed E-state index contributed by atoms with van der Waals surface area (Å²) in [7, 11) is 2.13. The van der Waals surface area contributed by atoms with Gasteiger partial charge in [-0.2, -0.15) is 0 Å². The Morgan fingerprint density at radius 3 is 2.48 bits per heavy atom. The lowest BCUT2D eigenvalue weighted by Crippen LogP contribution is -2.33. The van der Waals surface area contributed by atoms with Gasteiger partial charge in [-0.25, -0.2) is 4.98 Å². The molecule has 3 heteroatoms. The Labute approximate surface area is 127 Å². The summed E-state index contributed by atoms with van der Waals surface area (Å²) in [5.41, 5.74) is 2.32. The van der Waals surface area contributed by atoms with Crippen molar-refractivity contribution in [2.24, 2.45) is 7.05 Å². The molecule has 0 amide bonds. The molecular formula is C18H27N3. The van der Waals surface area contributed by atoms with Crippen molar-refractivity contribution in [1.29, 1.82) is 0 Å². The van der Waals surface area contributed by atoms with Crippen molar-refractivity contribution in [1.82, 2.24) is 14.9 Å². The van der Waals surface area contributed by atoms with E-state index in [1.165, 1.54) is 50.5 Å². The largest absolute Gasteiger partial charge is 0.330 e. The maximum Gasteiger partial charge on any atom is 0.126 e. The molecule has 1 atom stereocenters. The van der Waals surface area contributed by atoms with Gasteiger partial charge in [0.1, 0.15) is 5.82 Å². The maximum atomic E-state index is 4.82.